The zero-order chi connectivity index (χ0) is 22.9. The number of likely N-dealkylation sites (tertiary alicyclic amines) is 2. The number of carbonyl (C=O) groups is 2. The Morgan fingerprint density at radius 1 is 1.19 bits per heavy atom. The summed E-state index contributed by atoms with van der Waals surface area (Å²) in [4.78, 5) is 28.6. The Bertz CT molecular complexity index is 783. The van der Waals surface area contributed by atoms with Crippen LogP contribution in [0.3, 0.4) is 0 Å². The molecule has 6 nitrogen and oxygen atoms in total. The van der Waals surface area contributed by atoms with Crippen molar-refractivity contribution in [1.29, 1.82) is 0 Å². The number of nitrogens with zero attached hydrogens (tertiary/aromatic N) is 2. The lowest BCUT2D eigenvalue weighted by Gasteiger charge is -2.37. The molecule has 7 heteroatoms. The van der Waals surface area contributed by atoms with Crippen molar-refractivity contribution in [3.63, 3.8) is 0 Å². The second-order valence-electron chi connectivity index (χ2n) is 10.8. The van der Waals surface area contributed by atoms with E-state index in [1.807, 2.05) is 18.2 Å². The van der Waals surface area contributed by atoms with Crippen molar-refractivity contribution in [3.8, 4) is 0 Å². The van der Waals surface area contributed by atoms with Gasteiger partial charge in [-0.05, 0) is 62.5 Å². The fraction of sp³-hybridized carbons (Fsp3) is 0.667. The van der Waals surface area contributed by atoms with E-state index >= 15 is 0 Å². The maximum atomic E-state index is 13.2. The number of amides is 2. The molecule has 0 aromatic heterocycles. The van der Waals surface area contributed by atoms with Gasteiger partial charge >= 0.3 is 6.09 Å². The Kier molecular flexibility index (Phi) is 6.98. The Morgan fingerprint density at radius 3 is 2.35 bits per heavy atom. The van der Waals surface area contributed by atoms with Gasteiger partial charge in [-0.25, -0.2) is 9.69 Å². The van der Waals surface area contributed by atoms with Gasteiger partial charge in [0, 0.05) is 19.2 Å². The average molecular weight is 447 g/mol. The van der Waals surface area contributed by atoms with Crippen LogP contribution < -0.4 is 0 Å². The first-order valence-electron chi connectivity index (χ1n) is 11.4. The Balaban J connectivity index is 1.61. The smallest absolute Gasteiger partial charge is 0.414 e. The maximum Gasteiger partial charge on any atom is 0.414 e. The third-order valence-corrected chi connectivity index (χ3v) is 12.2. The standard InChI is InChI=1S/C24H38N2O4Si/c1-23(2,3)31(4,5)30-16-11-20-17-24(21(27)26(20)22(28)29)12-14-25(15-13-24)18-19-9-7-6-8-10-19/h6-10,20H,11-18H2,1-5H3,(H,28,29)/t20-/m1/s1. The highest BCUT2D eigenvalue weighted by Gasteiger charge is 2.54. The number of imide groups is 1. The molecule has 2 amide bonds. The van der Waals surface area contributed by atoms with Crippen molar-refractivity contribution in [3.05, 3.63) is 35.9 Å². The molecule has 172 valence electrons. The number of rotatable bonds is 6. The van der Waals surface area contributed by atoms with E-state index < -0.39 is 19.8 Å². The highest BCUT2D eigenvalue weighted by atomic mass is 28.4. The highest BCUT2D eigenvalue weighted by molar-refractivity contribution is 6.74. The van der Waals surface area contributed by atoms with E-state index in [4.69, 9.17) is 4.43 Å². The summed E-state index contributed by atoms with van der Waals surface area (Å²) in [6.45, 7) is 14.0. The molecule has 1 aromatic rings. The van der Waals surface area contributed by atoms with Gasteiger partial charge in [0.2, 0.25) is 5.91 Å². The van der Waals surface area contributed by atoms with Gasteiger partial charge in [0.15, 0.2) is 8.32 Å². The fourth-order valence-electron chi connectivity index (χ4n) is 4.59. The summed E-state index contributed by atoms with van der Waals surface area (Å²) in [6, 6.07) is 10.1. The normalized spacial score (nSPS) is 22.3. The molecule has 31 heavy (non-hydrogen) atoms. The number of hydrogen-bond acceptors (Lipinski definition) is 4. The summed E-state index contributed by atoms with van der Waals surface area (Å²) >= 11 is 0. The predicted octanol–water partition coefficient (Wildman–Crippen LogP) is 4.96. The van der Waals surface area contributed by atoms with Crippen LogP contribution in [0.2, 0.25) is 18.1 Å². The Labute approximate surface area is 187 Å². The summed E-state index contributed by atoms with van der Waals surface area (Å²) in [6.07, 6.45) is 1.54. The molecular weight excluding hydrogens is 408 g/mol. The lowest BCUT2D eigenvalue weighted by Crippen LogP contribution is -2.46. The van der Waals surface area contributed by atoms with Crippen molar-refractivity contribution in [1.82, 2.24) is 9.80 Å². The number of carbonyl (C=O) groups excluding carboxylic acids is 1. The van der Waals surface area contributed by atoms with Gasteiger partial charge in [0.1, 0.15) is 0 Å². The van der Waals surface area contributed by atoms with Crippen molar-refractivity contribution in [2.24, 2.45) is 5.41 Å². The maximum absolute atomic E-state index is 13.2. The minimum absolute atomic E-state index is 0.109. The van der Waals surface area contributed by atoms with Gasteiger partial charge in [-0.15, -0.1) is 0 Å². The molecule has 3 rings (SSSR count). The van der Waals surface area contributed by atoms with Crippen LogP contribution in [-0.4, -0.2) is 61.0 Å². The first-order chi connectivity index (χ1) is 14.5. The molecule has 1 spiro atoms. The molecule has 2 aliphatic rings. The molecule has 0 unspecified atom stereocenters. The largest absolute Gasteiger partial charge is 0.465 e. The second kappa shape index (κ2) is 9.04. The molecule has 0 aliphatic carbocycles. The molecule has 1 aromatic carbocycles. The van der Waals surface area contributed by atoms with E-state index in [9.17, 15) is 14.7 Å². The summed E-state index contributed by atoms with van der Waals surface area (Å²) in [5.41, 5.74) is 0.733. The summed E-state index contributed by atoms with van der Waals surface area (Å²) in [5.74, 6) is -0.198. The summed E-state index contributed by atoms with van der Waals surface area (Å²) < 4.78 is 6.28. The molecule has 0 radical (unpaired) electrons. The van der Waals surface area contributed by atoms with E-state index in [-0.39, 0.29) is 17.0 Å². The van der Waals surface area contributed by atoms with Crippen LogP contribution in [0, 0.1) is 5.41 Å². The van der Waals surface area contributed by atoms with Crippen molar-refractivity contribution in [2.75, 3.05) is 19.7 Å². The topological polar surface area (TPSA) is 70.1 Å². The lowest BCUT2D eigenvalue weighted by molar-refractivity contribution is -0.137. The van der Waals surface area contributed by atoms with Crippen LogP contribution in [0.25, 0.3) is 0 Å². The van der Waals surface area contributed by atoms with E-state index in [1.165, 1.54) is 5.56 Å². The van der Waals surface area contributed by atoms with Gasteiger partial charge in [0.25, 0.3) is 0 Å². The fourth-order valence-corrected chi connectivity index (χ4v) is 5.65. The zero-order valence-electron chi connectivity index (χ0n) is 19.7. The zero-order valence-corrected chi connectivity index (χ0v) is 20.7. The summed E-state index contributed by atoms with van der Waals surface area (Å²) in [7, 11) is -1.89. The van der Waals surface area contributed by atoms with Crippen molar-refractivity contribution >= 4 is 20.3 Å². The first-order valence-corrected chi connectivity index (χ1v) is 14.3. The summed E-state index contributed by atoms with van der Waals surface area (Å²) in [5, 5.41) is 9.87. The van der Waals surface area contributed by atoms with Crippen molar-refractivity contribution < 1.29 is 19.1 Å². The van der Waals surface area contributed by atoms with E-state index in [0.29, 0.717) is 19.4 Å². The van der Waals surface area contributed by atoms with Crippen LogP contribution in [0.15, 0.2) is 30.3 Å². The molecular formula is C24H38N2O4Si. The van der Waals surface area contributed by atoms with Gasteiger partial charge in [0.05, 0.1) is 5.41 Å². The third-order valence-electron chi connectivity index (χ3n) is 7.65. The molecule has 2 heterocycles. The monoisotopic (exact) mass is 446 g/mol. The number of benzene rings is 1. The first kappa shape index (κ1) is 23.9. The Hall–Kier alpha value is -1.70. The van der Waals surface area contributed by atoms with Gasteiger partial charge < -0.3 is 9.53 Å². The van der Waals surface area contributed by atoms with Gasteiger partial charge in [-0.1, -0.05) is 51.1 Å². The number of hydrogen-bond donors (Lipinski definition) is 1. The van der Waals surface area contributed by atoms with Crippen LogP contribution in [0.1, 0.15) is 52.0 Å². The quantitative estimate of drug-likeness (QED) is 0.626. The predicted molar refractivity (Wildman–Crippen MR) is 124 cm³/mol. The molecule has 0 bridgehead atoms. The van der Waals surface area contributed by atoms with E-state index in [2.05, 4.69) is 50.9 Å². The molecule has 2 saturated heterocycles. The minimum atomic E-state index is -1.89. The van der Waals surface area contributed by atoms with E-state index in [1.54, 1.807) is 0 Å². The lowest BCUT2D eigenvalue weighted by atomic mass is 9.75. The van der Waals surface area contributed by atoms with Crippen molar-refractivity contribution in [2.45, 2.75) is 77.2 Å². The minimum Gasteiger partial charge on any atom is -0.465 e. The SMILES string of the molecule is CC(C)(C)[Si](C)(C)OCC[C@@H]1CC2(CCN(Cc3ccccc3)CC2)C(=O)N1C(=O)O. The van der Waals surface area contributed by atoms with Crippen LogP contribution >= 0.6 is 0 Å². The molecule has 1 N–H and O–H groups in total. The third kappa shape index (κ3) is 5.21. The average Bonchev–Trinajstić information content (AvgIpc) is 2.95. The molecule has 1 atom stereocenters. The van der Waals surface area contributed by atoms with Crippen LogP contribution in [0.5, 0.6) is 0 Å². The molecule has 0 saturated carbocycles. The van der Waals surface area contributed by atoms with Crippen LogP contribution in [-0.2, 0) is 15.8 Å². The Morgan fingerprint density at radius 2 is 1.81 bits per heavy atom. The highest BCUT2D eigenvalue weighted by Crippen LogP contribution is 2.46. The number of carboxylic acid groups (broad SMARTS) is 1. The number of piperidine rings is 1. The van der Waals surface area contributed by atoms with Crippen LogP contribution in [0.4, 0.5) is 4.79 Å². The molecule has 2 fully saturated rings. The van der Waals surface area contributed by atoms with Gasteiger partial charge in [-0.2, -0.15) is 0 Å². The molecule has 2 aliphatic heterocycles. The van der Waals surface area contributed by atoms with Gasteiger partial charge in [-0.3, -0.25) is 9.69 Å². The second-order valence-corrected chi connectivity index (χ2v) is 15.6. The van der Waals surface area contributed by atoms with E-state index in [0.717, 1.165) is 37.4 Å².